The van der Waals surface area contributed by atoms with Crippen molar-refractivity contribution in [2.24, 2.45) is 0 Å². The van der Waals surface area contributed by atoms with Crippen molar-refractivity contribution in [1.82, 2.24) is 4.90 Å². The third kappa shape index (κ3) is 5.61. The van der Waals surface area contributed by atoms with Gasteiger partial charge in [-0.05, 0) is 84.9 Å². The Hall–Kier alpha value is -4.02. The number of benzene rings is 3. The van der Waals surface area contributed by atoms with Crippen molar-refractivity contribution in [3.8, 4) is 5.75 Å². The maximum Gasteiger partial charge on any atom is 0.287 e. The van der Waals surface area contributed by atoms with Crippen molar-refractivity contribution < 1.29 is 23.8 Å². The number of nitrogens with one attached hydrogen (secondary N) is 1. The van der Waals surface area contributed by atoms with E-state index in [0.717, 1.165) is 16.2 Å². The molecule has 1 fully saturated rings. The Labute approximate surface area is 226 Å². The van der Waals surface area contributed by atoms with Crippen LogP contribution in [-0.2, 0) is 16.0 Å². The van der Waals surface area contributed by atoms with Crippen LogP contribution in [0.5, 0.6) is 5.75 Å². The summed E-state index contributed by atoms with van der Waals surface area (Å²) in [5.41, 5.74) is 0.474. The van der Waals surface area contributed by atoms with E-state index in [1.165, 1.54) is 29.2 Å². The number of carbonyl (C=O) groups is 2. The Balaban J connectivity index is 1.58. The van der Waals surface area contributed by atoms with Gasteiger partial charge in [0, 0.05) is 32.0 Å². The van der Waals surface area contributed by atoms with Crippen molar-refractivity contribution in [3.63, 3.8) is 0 Å². The van der Waals surface area contributed by atoms with Crippen LogP contribution in [-0.4, -0.2) is 60.4 Å². The van der Waals surface area contributed by atoms with Gasteiger partial charge in [-0.1, -0.05) is 12.1 Å². The fourth-order valence-electron chi connectivity index (χ4n) is 4.23. The van der Waals surface area contributed by atoms with Crippen LogP contribution in [0.3, 0.4) is 0 Å². The van der Waals surface area contributed by atoms with Crippen molar-refractivity contribution in [2.45, 2.75) is 18.6 Å². The van der Waals surface area contributed by atoms with Gasteiger partial charge in [0.05, 0.1) is 19.2 Å². The van der Waals surface area contributed by atoms with Crippen LogP contribution in [0.2, 0.25) is 0 Å². The highest BCUT2D eigenvalue weighted by Gasteiger charge is 2.55. The normalized spacial score (nSPS) is 17.1. The van der Waals surface area contributed by atoms with Crippen LogP contribution < -0.4 is 19.9 Å². The maximum absolute atomic E-state index is 13.6. The molecule has 0 saturated carbocycles. The van der Waals surface area contributed by atoms with Gasteiger partial charge in [-0.15, -0.1) is 0 Å². The van der Waals surface area contributed by atoms with Gasteiger partial charge < -0.3 is 25.0 Å². The Morgan fingerprint density at radius 1 is 1.05 bits per heavy atom. The lowest BCUT2D eigenvalue weighted by Crippen LogP contribution is -2.52. The number of hydrogen-bond acceptors (Lipinski definition) is 6. The molecule has 0 spiro atoms. The fourth-order valence-corrected chi connectivity index (χ4v) is 4.67. The van der Waals surface area contributed by atoms with Gasteiger partial charge in [0.1, 0.15) is 11.6 Å². The molecule has 1 aliphatic heterocycles. The molecule has 3 aromatic carbocycles. The molecule has 1 atom stereocenters. The van der Waals surface area contributed by atoms with Crippen LogP contribution in [0.1, 0.15) is 12.0 Å². The summed E-state index contributed by atoms with van der Waals surface area (Å²) in [6, 6.07) is 19.8. The molecule has 4 rings (SSSR count). The minimum atomic E-state index is -2.23. The van der Waals surface area contributed by atoms with E-state index in [2.05, 4.69) is 5.32 Å². The molecule has 1 aliphatic rings. The Bertz CT molecular complexity index is 1320. The third-order valence-electron chi connectivity index (χ3n) is 6.36. The van der Waals surface area contributed by atoms with E-state index in [-0.39, 0.29) is 11.7 Å². The number of thiocarbonyl (C=S) groups is 1. The quantitative estimate of drug-likeness (QED) is 0.403. The fraction of sp³-hybridized carbons (Fsp3) is 0.250. The van der Waals surface area contributed by atoms with Crippen molar-refractivity contribution in [3.05, 3.63) is 84.2 Å². The molecule has 8 nitrogen and oxygen atoms in total. The number of methoxy groups -OCH3 is 1. The maximum atomic E-state index is 13.6. The molecule has 2 amide bonds. The van der Waals surface area contributed by atoms with E-state index in [0.29, 0.717) is 23.5 Å². The molecule has 38 heavy (non-hydrogen) atoms. The second-order valence-electron chi connectivity index (χ2n) is 9.13. The first-order chi connectivity index (χ1) is 18.1. The number of aliphatic hydroxyl groups is 1. The predicted octanol–water partition coefficient (Wildman–Crippen LogP) is 3.79. The zero-order chi connectivity index (χ0) is 27.4. The van der Waals surface area contributed by atoms with Gasteiger partial charge in [-0.2, -0.15) is 0 Å². The molecule has 198 valence electrons. The molecular formula is C28H29FN4O4S. The summed E-state index contributed by atoms with van der Waals surface area (Å²) in [7, 11) is 5.39. The number of amides is 2. The Morgan fingerprint density at radius 2 is 1.68 bits per heavy atom. The summed E-state index contributed by atoms with van der Waals surface area (Å²) in [6.45, 7) is 0.163. The smallest absolute Gasteiger partial charge is 0.287 e. The minimum absolute atomic E-state index is 0.0285. The van der Waals surface area contributed by atoms with Crippen LogP contribution in [0, 0.1) is 5.82 Å². The van der Waals surface area contributed by atoms with Crippen molar-refractivity contribution in [2.75, 3.05) is 42.9 Å². The first-order valence-electron chi connectivity index (χ1n) is 12.0. The zero-order valence-electron chi connectivity index (χ0n) is 21.3. The van der Waals surface area contributed by atoms with Crippen molar-refractivity contribution in [1.29, 1.82) is 0 Å². The van der Waals surface area contributed by atoms with Crippen LogP contribution in [0.15, 0.2) is 72.8 Å². The molecule has 0 radical (unpaired) electrons. The molecule has 1 unspecified atom stereocenters. The number of nitrogens with zero attached hydrogens (tertiary/aromatic N) is 3. The molecular weight excluding hydrogens is 507 g/mol. The predicted molar refractivity (Wildman–Crippen MR) is 149 cm³/mol. The first kappa shape index (κ1) is 27.0. The van der Waals surface area contributed by atoms with Gasteiger partial charge in [-0.25, -0.2) is 4.39 Å². The Kier molecular flexibility index (Phi) is 7.94. The summed E-state index contributed by atoms with van der Waals surface area (Å²) >= 11 is 5.60. The molecule has 2 N–H and O–H groups in total. The highest BCUT2D eigenvalue weighted by Crippen LogP contribution is 2.34. The SMILES string of the molecule is COc1ccc(CCN2C(=S)N(c3ccc(F)cc3)C(=O)C2(O)CC(=O)Nc2ccc(N(C)C)cc2)cc1. The van der Waals surface area contributed by atoms with Gasteiger partial charge in [-0.3, -0.25) is 14.5 Å². The van der Waals surface area contributed by atoms with Crippen LogP contribution in [0.25, 0.3) is 0 Å². The van der Waals surface area contributed by atoms with Crippen molar-refractivity contribution >= 4 is 46.2 Å². The summed E-state index contributed by atoms with van der Waals surface area (Å²) in [5.74, 6) is -1.11. The molecule has 0 aromatic heterocycles. The van der Waals surface area contributed by atoms with E-state index >= 15 is 0 Å². The molecule has 0 aliphatic carbocycles. The summed E-state index contributed by atoms with van der Waals surface area (Å²) in [4.78, 5) is 31.0. The lowest BCUT2D eigenvalue weighted by atomic mass is 10.1. The summed E-state index contributed by atoms with van der Waals surface area (Å²) in [5, 5.41) is 14.5. The lowest BCUT2D eigenvalue weighted by molar-refractivity contribution is -0.151. The number of rotatable bonds is 9. The van der Waals surface area contributed by atoms with E-state index in [9.17, 15) is 19.1 Å². The number of carbonyl (C=O) groups excluding carboxylic acids is 2. The van der Waals surface area contributed by atoms with E-state index in [1.54, 1.807) is 19.2 Å². The minimum Gasteiger partial charge on any atom is -0.497 e. The monoisotopic (exact) mass is 536 g/mol. The van der Waals surface area contributed by atoms with Gasteiger partial charge in [0.2, 0.25) is 11.6 Å². The van der Waals surface area contributed by atoms with Crippen LogP contribution in [0.4, 0.5) is 21.5 Å². The van der Waals surface area contributed by atoms with Gasteiger partial charge in [0.25, 0.3) is 5.91 Å². The molecule has 3 aromatic rings. The second kappa shape index (κ2) is 11.2. The Morgan fingerprint density at radius 3 is 2.26 bits per heavy atom. The molecule has 1 heterocycles. The second-order valence-corrected chi connectivity index (χ2v) is 9.50. The first-order valence-corrected chi connectivity index (χ1v) is 12.4. The average molecular weight is 537 g/mol. The highest BCUT2D eigenvalue weighted by atomic mass is 32.1. The highest BCUT2D eigenvalue weighted by molar-refractivity contribution is 7.80. The topological polar surface area (TPSA) is 85.4 Å². The van der Waals surface area contributed by atoms with E-state index in [4.69, 9.17) is 17.0 Å². The molecule has 10 heteroatoms. The zero-order valence-corrected chi connectivity index (χ0v) is 22.2. The number of halogens is 1. The van der Waals surface area contributed by atoms with E-state index < -0.39 is 29.8 Å². The molecule has 1 saturated heterocycles. The van der Waals surface area contributed by atoms with Crippen LogP contribution >= 0.6 is 12.2 Å². The number of ether oxygens (including phenoxy) is 1. The largest absolute Gasteiger partial charge is 0.497 e. The number of hydrogen-bond donors (Lipinski definition) is 2. The standard InChI is InChI=1S/C28H29FN4O4S/c1-31(2)22-12-8-21(9-13-22)30-25(34)18-28(36)26(35)33(23-10-6-20(29)7-11-23)27(38)32(28)17-16-19-4-14-24(37-3)15-5-19/h4-15,36H,16-18H2,1-3H3,(H,30,34). The summed E-state index contributed by atoms with van der Waals surface area (Å²) < 4.78 is 18.7. The number of anilines is 3. The summed E-state index contributed by atoms with van der Waals surface area (Å²) in [6.07, 6.45) is -0.119. The van der Waals surface area contributed by atoms with Gasteiger partial charge >= 0.3 is 0 Å². The third-order valence-corrected chi connectivity index (χ3v) is 6.76. The van der Waals surface area contributed by atoms with Gasteiger partial charge in [0.15, 0.2) is 5.11 Å². The lowest BCUT2D eigenvalue weighted by Gasteiger charge is -2.31. The van der Waals surface area contributed by atoms with E-state index in [1.807, 2.05) is 55.4 Å². The average Bonchev–Trinajstić information content (AvgIpc) is 3.08. The molecule has 0 bridgehead atoms.